The van der Waals surface area contributed by atoms with Crippen molar-refractivity contribution in [3.8, 4) is 0 Å². The fourth-order valence-electron chi connectivity index (χ4n) is 1.46. The lowest BCUT2D eigenvalue weighted by molar-refractivity contribution is -0.118. The molecule has 1 aliphatic carbocycles. The summed E-state index contributed by atoms with van der Waals surface area (Å²) in [5, 5.41) is 8.61. The van der Waals surface area contributed by atoms with Crippen molar-refractivity contribution < 1.29 is 9.59 Å². The standard InChI is InChI=1S/C10H14N4O2S2/c1-2-8(16)14(6-3-4-6)9-12-13-10(18-9)17-5-7(11)15/h6H,2-5H2,1H3,(H2,11,15). The number of thioether (sulfide) groups is 1. The molecule has 2 rings (SSSR count). The molecule has 1 aromatic rings. The number of nitrogens with zero attached hydrogens (tertiary/aromatic N) is 3. The number of rotatable bonds is 6. The third-order valence-electron chi connectivity index (χ3n) is 2.42. The van der Waals surface area contributed by atoms with E-state index in [-0.39, 0.29) is 23.6 Å². The van der Waals surface area contributed by atoms with Gasteiger partial charge in [0.2, 0.25) is 16.9 Å². The van der Waals surface area contributed by atoms with E-state index in [1.165, 1.54) is 23.1 Å². The van der Waals surface area contributed by atoms with Gasteiger partial charge in [-0.1, -0.05) is 30.0 Å². The van der Waals surface area contributed by atoms with Crippen molar-refractivity contribution in [3.63, 3.8) is 0 Å². The average molecular weight is 286 g/mol. The maximum Gasteiger partial charge on any atom is 0.228 e. The minimum absolute atomic E-state index is 0.0695. The predicted octanol–water partition coefficient (Wildman–Crippen LogP) is 1.02. The van der Waals surface area contributed by atoms with Crippen LogP contribution in [-0.4, -0.2) is 33.8 Å². The lowest BCUT2D eigenvalue weighted by Gasteiger charge is -2.17. The Morgan fingerprint density at radius 1 is 1.50 bits per heavy atom. The van der Waals surface area contributed by atoms with Gasteiger partial charge in [-0.2, -0.15) is 0 Å². The van der Waals surface area contributed by atoms with Crippen molar-refractivity contribution in [2.45, 2.75) is 36.6 Å². The molecule has 1 aromatic heterocycles. The number of aromatic nitrogens is 2. The SMILES string of the molecule is CCC(=O)N(c1nnc(SCC(N)=O)s1)C1CC1. The number of nitrogens with two attached hydrogens (primary N) is 1. The van der Waals surface area contributed by atoms with Gasteiger partial charge in [-0.15, -0.1) is 10.2 Å². The molecule has 1 fully saturated rings. The molecule has 0 atom stereocenters. The summed E-state index contributed by atoms with van der Waals surface area (Å²) in [6.45, 7) is 1.83. The lowest BCUT2D eigenvalue weighted by atomic mass is 10.4. The normalized spacial score (nSPS) is 14.5. The van der Waals surface area contributed by atoms with Crippen molar-refractivity contribution in [2.75, 3.05) is 10.7 Å². The zero-order chi connectivity index (χ0) is 13.1. The second kappa shape index (κ2) is 5.66. The van der Waals surface area contributed by atoms with Crippen LogP contribution in [0.4, 0.5) is 5.13 Å². The molecule has 0 unspecified atom stereocenters. The van der Waals surface area contributed by atoms with Gasteiger partial charge in [-0.3, -0.25) is 14.5 Å². The average Bonchev–Trinajstić information content (AvgIpc) is 3.05. The van der Waals surface area contributed by atoms with Crippen LogP contribution in [0, 0.1) is 0 Å². The molecular weight excluding hydrogens is 272 g/mol. The van der Waals surface area contributed by atoms with Gasteiger partial charge in [0.25, 0.3) is 0 Å². The minimum Gasteiger partial charge on any atom is -0.369 e. The van der Waals surface area contributed by atoms with E-state index in [2.05, 4.69) is 10.2 Å². The fraction of sp³-hybridized carbons (Fsp3) is 0.600. The first-order chi connectivity index (χ1) is 8.61. The van der Waals surface area contributed by atoms with E-state index < -0.39 is 0 Å². The first kappa shape index (κ1) is 13.3. The molecule has 1 heterocycles. The third kappa shape index (κ3) is 3.20. The van der Waals surface area contributed by atoms with Crippen LogP contribution in [0.15, 0.2) is 4.34 Å². The third-order valence-corrected chi connectivity index (χ3v) is 4.50. The minimum atomic E-state index is -0.388. The van der Waals surface area contributed by atoms with E-state index in [9.17, 15) is 9.59 Å². The number of primary amides is 1. The Morgan fingerprint density at radius 3 is 2.78 bits per heavy atom. The largest absolute Gasteiger partial charge is 0.369 e. The summed E-state index contributed by atoms with van der Waals surface area (Å²) in [6, 6.07) is 0.277. The zero-order valence-electron chi connectivity index (χ0n) is 9.96. The van der Waals surface area contributed by atoms with Crippen molar-refractivity contribution in [3.05, 3.63) is 0 Å². The first-order valence-corrected chi connectivity index (χ1v) is 7.48. The zero-order valence-corrected chi connectivity index (χ0v) is 11.6. The molecule has 6 nitrogen and oxygen atoms in total. The van der Waals surface area contributed by atoms with Gasteiger partial charge in [0.15, 0.2) is 4.34 Å². The van der Waals surface area contributed by atoms with Crippen LogP contribution in [0.25, 0.3) is 0 Å². The summed E-state index contributed by atoms with van der Waals surface area (Å²) >= 11 is 2.58. The van der Waals surface area contributed by atoms with Crippen LogP contribution in [0.5, 0.6) is 0 Å². The van der Waals surface area contributed by atoms with Crippen molar-refractivity contribution in [2.24, 2.45) is 5.73 Å². The monoisotopic (exact) mass is 286 g/mol. The Labute approximate surface area is 113 Å². The highest BCUT2D eigenvalue weighted by Gasteiger charge is 2.35. The highest BCUT2D eigenvalue weighted by Crippen LogP contribution is 2.35. The van der Waals surface area contributed by atoms with Gasteiger partial charge >= 0.3 is 0 Å². The molecule has 0 aliphatic heterocycles. The maximum absolute atomic E-state index is 11.9. The van der Waals surface area contributed by atoms with Gasteiger partial charge in [-0.25, -0.2) is 0 Å². The summed E-state index contributed by atoms with van der Waals surface area (Å²) in [5.74, 6) is -0.139. The van der Waals surface area contributed by atoms with Gasteiger partial charge < -0.3 is 5.73 Å². The van der Waals surface area contributed by atoms with E-state index in [4.69, 9.17) is 5.73 Å². The topological polar surface area (TPSA) is 89.2 Å². The Hall–Kier alpha value is -1.15. The Balaban J connectivity index is 2.06. The highest BCUT2D eigenvalue weighted by molar-refractivity contribution is 8.01. The Morgan fingerprint density at radius 2 is 2.22 bits per heavy atom. The Kier molecular flexibility index (Phi) is 4.18. The summed E-state index contributed by atoms with van der Waals surface area (Å²) in [6.07, 6.45) is 2.50. The predicted molar refractivity (Wildman–Crippen MR) is 70.6 cm³/mol. The van der Waals surface area contributed by atoms with Crippen LogP contribution in [-0.2, 0) is 9.59 Å². The van der Waals surface area contributed by atoms with Gasteiger partial charge in [-0.05, 0) is 12.8 Å². The molecule has 0 aromatic carbocycles. The highest BCUT2D eigenvalue weighted by atomic mass is 32.2. The van der Waals surface area contributed by atoms with E-state index >= 15 is 0 Å². The van der Waals surface area contributed by atoms with Crippen molar-refractivity contribution in [1.29, 1.82) is 0 Å². The molecule has 2 amide bonds. The number of carbonyl (C=O) groups excluding carboxylic acids is 2. The first-order valence-electron chi connectivity index (χ1n) is 5.68. The summed E-state index contributed by atoms with van der Waals surface area (Å²) in [7, 11) is 0. The van der Waals surface area contributed by atoms with Gasteiger partial charge in [0.05, 0.1) is 5.75 Å². The molecule has 0 spiro atoms. The molecule has 8 heteroatoms. The van der Waals surface area contributed by atoms with E-state index in [1.807, 2.05) is 6.92 Å². The summed E-state index contributed by atoms with van der Waals surface area (Å²) in [5.41, 5.74) is 5.07. The molecule has 1 aliphatic rings. The maximum atomic E-state index is 11.9. The molecule has 18 heavy (non-hydrogen) atoms. The number of anilines is 1. The number of hydrogen-bond donors (Lipinski definition) is 1. The molecule has 98 valence electrons. The Bertz CT molecular complexity index is 458. The molecule has 0 bridgehead atoms. The molecule has 2 N–H and O–H groups in total. The van der Waals surface area contributed by atoms with Crippen LogP contribution < -0.4 is 10.6 Å². The molecule has 0 saturated heterocycles. The van der Waals surface area contributed by atoms with E-state index in [1.54, 1.807) is 4.90 Å². The van der Waals surface area contributed by atoms with Crippen molar-refractivity contribution >= 4 is 40.0 Å². The quantitative estimate of drug-likeness (QED) is 0.623. The van der Waals surface area contributed by atoms with E-state index in [0.717, 1.165) is 12.8 Å². The van der Waals surface area contributed by atoms with Gasteiger partial charge in [0.1, 0.15) is 0 Å². The van der Waals surface area contributed by atoms with Crippen molar-refractivity contribution in [1.82, 2.24) is 10.2 Å². The van der Waals surface area contributed by atoms with Gasteiger partial charge in [0, 0.05) is 12.5 Å². The van der Waals surface area contributed by atoms with E-state index in [0.29, 0.717) is 15.9 Å². The molecule has 1 saturated carbocycles. The number of amides is 2. The summed E-state index contributed by atoms with van der Waals surface area (Å²) < 4.78 is 0.665. The second-order valence-electron chi connectivity index (χ2n) is 3.95. The van der Waals surface area contributed by atoms with Crippen LogP contribution >= 0.6 is 23.1 Å². The smallest absolute Gasteiger partial charge is 0.228 e. The number of hydrogen-bond acceptors (Lipinski definition) is 6. The van der Waals surface area contributed by atoms with Crippen LogP contribution in [0.1, 0.15) is 26.2 Å². The van der Waals surface area contributed by atoms with Crippen LogP contribution in [0.2, 0.25) is 0 Å². The fourth-order valence-corrected chi connectivity index (χ4v) is 3.13. The lowest BCUT2D eigenvalue weighted by Crippen LogP contribution is -2.32. The number of carbonyl (C=O) groups is 2. The second-order valence-corrected chi connectivity index (χ2v) is 6.13. The molecule has 0 radical (unpaired) electrons. The molecular formula is C10H14N4O2S2. The van der Waals surface area contributed by atoms with Crippen LogP contribution in [0.3, 0.4) is 0 Å². The summed E-state index contributed by atoms with van der Waals surface area (Å²) in [4.78, 5) is 24.3.